The first-order valence-corrected chi connectivity index (χ1v) is 9.15. The first kappa shape index (κ1) is 18.1. The van der Waals surface area contributed by atoms with Gasteiger partial charge in [0, 0.05) is 26.2 Å². The van der Waals surface area contributed by atoms with Gasteiger partial charge in [-0.25, -0.2) is 9.78 Å². The molecule has 9 heteroatoms. The number of pyridine rings is 1. The van der Waals surface area contributed by atoms with Gasteiger partial charge in [-0.3, -0.25) is 29.0 Å². The fourth-order valence-corrected chi connectivity index (χ4v) is 4.32. The van der Waals surface area contributed by atoms with Gasteiger partial charge >= 0.3 is 6.03 Å². The van der Waals surface area contributed by atoms with Crippen molar-refractivity contribution >= 4 is 29.3 Å². The number of hydrogen-bond acceptors (Lipinski definition) is 6. The summed E-state index contributed by atoms with van der Waals surface area (Å²) in [6.07, 6.45) is 1.52. The number of amides is 4. The molecule has 1 fully saturated rings. The Hall–Kier alpha value is -3.23. The molecule has 9 nitrogen and oxygen atoms in total. The van der Waals surface area contributed by atoms with Crippen molar-refractivity contribution in [3.63, 3.8) is 0 Å². The average Bonchev–Trinajstić information content (AvgIpc) is 2.66. The molecule has 0 aromatic carbocycles. The van der Waals surface area contributed by atoms with E-state index in [0.717, 1.165) is 10.5 Å². The van der Waals surface area contributed by atoms with E-state index in [2.05, 4.69) is 5.32 Å². The van der Waals surface area contributed by atoms with Crippen LogP contribution in [0.15, 0.2) is 23.1 Å². The van der Waals surface area contributed by atoms with E-state index in [9.17, 15) is 19.2 Å². The number of aromatic nitrogens is 2. The Balaban J connectivity index is 2.02. The van der Waals surface area contributed by atoms with Gasteiger partial charge in [0.1, 0.15) is 11.5 Å². The quantitative estimate of drug-likeness (QED) is 0.718. The van der Waals surface area contributed by atoms with Gasteiger partial charge in [0.05, 0.1) is 11.6 Å². The van der Waals surface area contributed by atoms with Crippen molar-refractivity contribution in [1.29, 1.82) is 0 Å². The maximum Gasteiger partial charge on any atom is 0.330 e. The lowest BCUT2D eigenvalue weighted by Crippen LogP contribution is -2.71. The second kappa shape index (κ2) is 5.88. The van der Waals surface area contributed by atoms with Gasteiger partial charge < -0.3 is 4.90 Å². The van der Waals surface area contributed by atoms with Gasteiger partial charge in [0.2, 0.25) is 11.8 Å². The highest BCUT2D eigenvalue weighted by atomic mass is 16.2. The van der Waals surface area contributed by atoms with Crippen LogP contribution in [0.1, 0.15) is 25.0 Å². The predicted molar refractivity (Wildman–Crippen MR) is 101 cm³/mol. The largest absolute Gasteiger partial charge is 0.352 e. The van der Waals surface area contributed by atoms with Crippen molar-refractivity contribution in [2.45, 2.75) is 33.2 Å². The molecule has 0 radical (unpaired) electrons. The number of nitrogens with one attached hydrogen (secondary N) is 1. The van der Waals surface area contributed by atoms with Gasteiger partial charge in [-0.05, 0) is 32.4 Å². The number of nitrogens with zero attached hydrogens (tertiary/aromatic N) is 4. The second-order valence-electron chi connectivity index (χ2n) is 7.34. The molecule has 0 aliphatic carbocycles. The van der Waals surface area contributed by atoms with Crippen molar-refractivity contribution < 1.29 is 14.4 Å². The maximum absolute atomic E-state index is 13.3. The molecule has 2 aromatic heterocycles. The van der Waals surface area contributed by atoms with Crippen molar-refractivity contribution in [2.24, 2.45) is 5.41 Å². The van der Waals surface area contributed by atoms with Crippen molar-refractivity contribution in [2.75, 3.05) is 18.5 Å². The Morgan fingerprint density at radius 2 is 2.00 bits per heavy atom. The lowest BCUT2D eigenvalue weighted by molar-refractivity contribution is -0.152. The minimum atomic E-state index is -1.56. The number of urea groups is 1. The third-order valence-corrected chi connectivity index (χ3v) is 5.99. The van der Waals surface area contributed by atoms with Crippen LogP contribution in [0.4, 0.5) is 10.6 Å². The molecular formula is C19H21N5O4. The number of barbiturate groups is 1. The number of anilines is 1. The third kappa shape index (κ3) is 2.10. The summed E-state index contributed by atoms with van der Waals surface area (Å²) in [4.78, 5) is 58.6. The monoisotopic (exact) mass is 383 g/mol. The molecular weight excluding hydrogens is 362 g/mol. The van der Waals surface area contributed by atoms with Gasteiger partial charge in [0.15, 0.2) is 5.41 Å². The smallest absolute Gasteiger partial charge is 0.330 e. The molecule has 1 spiro atoms. The summed E-state index contributed by atoms with van der Waals surface area (Å²) in [7, 11) is 1.33. The molecule has 4 rings (SSSR count). The summed E-state index contributed by atoms with van der Waals surface area (Å²) in [6, 6.07) is 2.29. The van der Waals surface area contributed by atoms with Gasteiger partial charge in [-0.2, -0.15) is 0 Å². The maximum atomic E-state index is 13.3. The number of rotatable bonds is 1. The van der Waals surface area contributed by atoms with Crippen LogP contribution in [0.2, 0.25) is 0 Å². The lowest BCUT2D eigenvalue weighted by Gasteiger charge is -2.49. The minimum absolute atomic E-state index is 0.106. The fourth-order valence-electron chi connectivity index (χ4n) is 4.32. The highest BCUT2D eigenvalue weighted by Gasteiger charge is 2.60. The topological polar surface area (TPSA) is 104 Å². The van der Waals surface area contributed by atoms with Crippen LogP contribution in [-0.4, -0.2) is 51.8 Å². The number of imide groups is 2. The highest BCUT2D eigenvalue weighted by Crippen LogP contribution is 2.42. The van der Waals surface area contributed by atoms with Crippen LogP contribution >= 0.6 is 0 Å². The molecule has 28 heavy (non-hydrogen) atoms. The molecule has 2 aromatic rings. The molecule has 2 aliphatic rings. The zero-order chi connectivity index (χ0) is 20.4. The van der Waals surface area contributed by atoms with E-state index in [1.807, 2.05) is 19.9 Å². The van der Waals surface area contributed by atoms with Crippen LogP contribution in [0.5, 0.6) is 0 Å². The zero-order valence-electron chi connectivity index (χ0n) is 16.1. The Labute approximate surface area is 160 Å². The van der Waals surface area contributed by atoms with E-state index in [0.29, 0.717) is 23.6 Å². The van der Waals surface area contributed by atoms with E-state index >= 15 is 0 Å². The van der Waals surface area contributed by atoms with Gasteiger partial charge in [-0.1, -0.05) is 6.07 Å². The molecule has 0 unspecified atom stereocenters. The number of aryl methyl sites for hydroxylation is 1. The van der Waals surface area contributed by atoms with Gasteiger partial charge in [0.25, 0.3) is 5.56 Å². The third-order valence-electron chi connectivity index (χ3n) is 5.99. The fraction of sp³-hybridized carbons (Fsp3) is 0.421. The SMILES string of the molecule is CCN1c2nc3c(C)cccn3c(=O)c2C[C@]2(C(=O)NC(=O)N(C)C2=O)[C@@H]1C. The highest BCUT2D eigenvalue weighted by molar-refractivity contribution is 6.20. The van der Waals surface area contributed by atoms with Crippen LogP contribution in [0.3, 0.4) is 0 Å². The normalized spacial score (nSPS) is 24.7. The predicted octanol–water partition coefficient (Wildman–Crippen LogP) is 0.468. The number of carbonyl (C=O) groups excluding carboxylic acids is 3. The van der Waals surface area contributed by atoms with Crippen LogP contribution < -0.4 is 15.8 Å². The Bertz CT molecular complexity index is 1110. The first-order chi connectivity index (χ1) is 13.2. The van der Waals surface area contributed by atoms with E-state index in [4.69, 9.17) is 4.98 Å². The molecule has 1 N–H and O–H groups in total. The summed E-state index contributed by atoms with van der Waals surface area (Å²) in [6.45, 7) is 5.95. The van der Waals surface area contributed by atoms with Crippen molar-refractivity contribution in [3.8, 4) is 0 Å². The number of fused-ring (bicyclic) bond motifs is 2. The average molecular weight is 383 g/mol. The Morgan fingerprint density at radius 3 is 2.68 bits per heavy atom. The molecule has 4 heterocycles. The van der Waals surface area contributed by atoms with Crippen molar-refractivity contribution in [1.82, 2.24) is 19.6 Å². The summed E-state index contributed by atoms with van der Waals surface area (Å²) >= 11 is 0. The Morgan fingerprint density at radius 1 is 1.29 bits per heavy atom. The molecule has 1 saturated heterocycles. The van der Waals surface area contributed by atoms with Crippen LogP contribution in [0, 0.1) is 12.3 Å². The first-order valence-electron chi connectivity index (χ1n) is 9.15. The summed E-state index contributed by atoms with van der Waals surface area (Å²) in [5.74, 6) is -0.794. The zero-order valence-corrected chi connectivity index (χ0v) is 16.1. The summed E-state index contributed by atoms with van der Waals surface area (Å²) < 4.78 is 1.44. The molecule has 0 saturated carbocycles. The summed E-state index contributed by atoms with van der Waals surface area (Å²) in [5.41, 5.74) is -0.185. The second-order valence-corrected chi connectivity index (χ2v) is 7.34. The number of hydrogen-bond donors (Lipinski definition) is 1. The molecule has 2 aliphatic heterocycles. The van der Waals surface area contributed by atoms with E-state index < -0.39 is 29.3 Å². The lowest BCUT2D eigenvalue weighted by atomic mass is 9.70. The van der Waals surface area contributed by atoms with E-state index in [1.54, 1.807) is 24.1 Å². The molecule has 0 bridgehead atoms. The van der Waals surface area contributed by atoms with Crippen LogP contribution in [-0.2, 0) is 16.0 Å². The van der Waals surface area contributed by atoms with E-state index in [-0.39, 0.29) is 12.0 Å². The van der Waals surface area contributed by atoms with E-state index in [1.165, 1.54) is 11.4 Å². The molecule has 146 valence electrons. The number of carbonyl (C=O) groups is 3. The van der Waals surface area contributed by atoms with Crippen LogP contribution in [0.25, 0.3) is 5.65 Å². The molecule has 2 atom stereocenters. The van der Waals surface area contributed by atoms with Crippen molar-refractivity contribution in [3.05, 3.63) is 39.8 Å². The standard InChI is InChI=1S/C19H21N5O4/c1-5-23-11(3)19(16(26)21-18(28)22(4)17(19)27)9-12-14(23)20-13-10(2)7-6-8-24(13)15(12)25/h6-8,11H,5,9H2,1-4H3,(H,21,26,28)/t11-,19+/m0/s1. The van der Waals surface area contributed by atoms with Gasteiger partial charge in [-0.15, -0.1) is 0 Å². The Kier molecular flexibility index (Phi) is 3.81. The molecule has 4 amide bonds. The minimum Gasteiger partial charge on any atom is -0.352 e. The summed E-state index contributed by atoms with van der Waals surface area (Å²) in [5, 5.41) is 2.26.